The lowest BCUT2D eigenvalue weighted by molar-refractivity contribution is 0.454. The van der Waals surface area contributed by atoms with Crippen molar-refractivity contribution >= 4 is 21.5 Å². The van der Waals surface area contributed by atoms with Gasteiger partial charge in [0.25, 0.3) is 0 Å². The van der Waals surface area contributed by atoms with E-state index in [0.717, 1.165) is 43.8 Å². The van der Waals surface area contributed by atoms with Gasteiger partial charge in [-0.3, -0.25) is 0 Å². The summed E-state index contributed by atoms with van der Waals surface area (Å²) in [5, 5.41) is 24.2. The molecule has 202 valence electrons. The lowest BCUT2D eigenvalue weighted by atomic mass is 9.86. The largest absolute Gasteiger partial charge is 0.508 e. The zero-order valence-electron chi connectivity index (χ0n) is 22.6. The summed E-state index contributed by atoms with van der Waals surface area (Å²) in [6, 6.07) is 46.8. The third kappa shape index (κ3) is 4.87. The van der Waals surface area contributed by atoms with Gasteiger partial charge in [0.05, 0.1) is 0 Å². The van der Waals surface area contributed by atoms with Gasteiger partial charge in [-0.25, -0.2) is 0 Å². The van der Waals surface area contributed by atoms with Crippen molar-refractivity contribution in [2.75, 3.05) is 0 Å². The number of hydrogen-bond donors (Lipinski definition) is 2. The summed E-state index contributed by atoms with van der Waals surface area (Å²) < 4.78 is 11.9. The predicted molar refractivity (Wildman–Crippen MR) is 169 cm³/mol. The molecule has 0 spiro atoms. The topological polar surface area (TPSA) is 58.9 Å². The van der Waals surface area contributed by atoms with E-state index in [9.17, 15) is 10.2 Å². The Morgan fingerprint density at radius 1 is 0.333 bits per heavy atom. The van der Waals surface area contributed by atoms with Gasteiger partial charge in [-0.1, -0.05) is 84.9 Å². The number of hydrogen-bond acceptors (Lipinski definition) is 4. The van der Waals surface area contributed by atoms with Gasteiger partial charge >= 0.3 is 0 Å². The molecule has 2 N–H and O–H groups in total. The summed E-state index contributed by atoms with van der Waals surface area (Å²) >= 11 is 0. The zero-order valence-corrected chi connectivity index (χ0v) is 22.6. The molecule has 0 fully saturated rings. The molecule has 0 aromatic heterocycles. The third-order valence-corrected chi connectivity index (χ3v) is 7.32. The molecule has 7 rings (SSSR count). The average molecular weight is 547 g/mol. The summed E-state index contributed by atoms with van der Waals surface area (Å²) in [6.07, 6.45) is 0. The van der Waals surface area contributed by atoms with Crippen molar-refractivity contribution < 1.29 is 19.7 Å². The number of ether oxygens (including phenoxy) is 2. The van der Waals surface area contributed by atoms with Crippen LogP contribution in [0.5, 0.6) is 34.5 Å². The van der Waals surface area contributed by atoms with Crippen LogP contribution >= 0.6 is 0 Å². The van der Waals surface area contributed by atoms with Gasteiger partial charge in [0, 0.05) is 12.1 Å². The molecule has 0 saturated carbocycles. The fourth-order valence-electron chi connectivity index (χ4n) is 5.50. The van der Waals surface area contributed by atoms with E-state index in [4.69, 9.17) is 9.47 Å². The van der Waals surface area contributed by atoms with E-state index in [-0.39, 0.29) is 11.5 Å². The summed E-state index contributed by atoms with van der Waals surface area (Å²) in [6.45, 7) is 0. The number of benzene rings is 7. The number of phenolic OH excluding ortho intramolecular Hbond substituents is 2. The second-order valence-electron chi connectivity index (χ2n) is 10.1. The number of phenols is 2. The Labute approximate surface area is 243 Å². The van der Waals surface area contributed by atoms with Crippen LogP contribution in [-0.2, 0) is 0 Å². The number of fused-ring (bicyclic) bond motifs is 2. The Kier molecular flexibility index (Phi) is 6.42. The molecule has 0 aliphatic heterocycles. The van der Waals surface area contributed by atoms with Crippen LogP contribution in [-0.4, -0.2) is 10.2 Å². The Balaban J connectivity index is 1.31. The fourth-order valence-corrected chi connectivity index (χ4v) is 5.50. The Morgan fingerprint density at radius 2 is 0.690 bits per heavy atom. The van der Waals surface area contributed by atoms with Crippen molar-refractivity contribution in [3.8, 4) is 56.8 Å². The second-order valence-corrected chi connectivity index (χ2v) is 10.1. The van der Waals surface area contributed by atoms with Gasteiger partial charge in [-0.2, -0.15) is 0 Å². The van der Waals surface area contributed by atoms with Crippen LogP contribution in [0.2, 0.25) is 0 Å². The van der Waals surface area contributed by atoms with Crippen molar-refractivity contribution in [2.45, 2.75) is 0 Å². The quantitative estimate of drug-likeness (QED) is 0.204. The SMILES string of the molecule is Oc1cccc(Oc2ccc(-c3c4ccccc4c(-c4ccc(Oc5cccc(O)c5)cc4)c4ccccc34)cc2)c1. The van der Waals surface area contributed by atoms with Crippen LogP contribution in [0, 0.1) is 0 Å². The van der Waals surface area contributed by atoms with Crippen LogP contribution in [0.4, 0.5) is 0 Å². The van der Waals surface area contributed by atoms with Gasteiger partial charge in [0.15, 0.2) is 0 Å². The number of rotatable bonds is 6. The van der Waals surface area contributed by atoms with Gasteiger partial charge in [0.2, 0.25) is 0 Å². The van der Waals surface area contributed by atoms with E-state index >= 15 is 0 Å². The second kappa shape index (κ2) is 10.7. The van der Waals surface area contributed by atoms with Crippen molar-refractivity contribution in [1.29, 1.82) is 0 Å². The fraction of sp³-hybridized carbons (Fsp3) is 0. The molecule has 0 radical (unpaired) electrons. The van der Waals surface area contributed by atoms with Crippen LogP contribution in [0.3, 0.4) is 0 Å². The molecular weight excluding hydrogens is 520 g/mol. The van der Waals surface area contributed by atoms with Gasteiger partial charge in [0.1, 0.15) is 34.5 Å². The molecule has 0 heterocycles. The maximum absolute atomic E-state index is 9.78. The zero-order chi connectivity index (χ0) is 28.5. The molecule has 0 aliphatic carbocycles. The molecule has 0 aliphatic rings. The third-order valence-electron chi connectivity index (χ3n) is 7.32. The van der Waals surface area contributed by atoms with Gasteiger partial charge in [-0.05, 0) is 92.3 Å². The first-order valence-electron chi connectivity index (χ1n) is 13.7. The minimum atomic E-state index is 0.167. The van der Waals surface area contributed by atoms with E-state index in [2.05, 4.69) is 72.8 Å². The highest BCUT2D eigenvalue weighted by Gasteiger charge is 2.16. The normalized spacial score (nSPS) is 11.0. The molecular formula is C38H26O4. The average Bonchev–Trinajstić information content (AvgIpc) is 3.01. The predicted octanol–water partition coefficient (Wildman–Crippen LogP) is 10.3. The van der Waals surface area contributed by atoms with Crippen molar-refractivity contribution in [1.82, 2.24) is 0 Å². The summed E-state index contributed by atoms with van der Waals surface area (Å²) in [7, 11) is 0. The first-order valence-corrected chi connectivity index (χ1v) is 13.7. The molecule has 7 aromatic rings. The van der Waals surface area contributed by atoms with E-state index in [1.807, 2.05) is 36.4 Å². The molecule has 0 bridgehead atoms. The molecule has 42 heavy (non-hydrogen) atoms. The van der Waals surface area contributed by atoms with E-state index in [0.29, 0.717) is 23.0 Å². The van der Waals surface area contributed by atoms with Crippen LogP contribution in [0.15, 0.2) is 146 Å². The van der Waals surface area contributed by atoms with E-state index in [1.165, 1.54) is 0 Å². The van der Waals surface area contributed by atoms with Crippen molar-refractivity contribution in [3.05, 3.63) is 146 Å². The molecule has 4 heteroatoms. The van der Waals surface area contributed by atoms with Crippen molar-refractivity contribution in [2.24, 2.45) is 0 Å². The van der Waals surface area contributed by atoms with Crippen molar-refractivity contribution in [3.63, 3.8) is 0 Å². The van der Waals surface area contributed by atoms with Gasteiger partial charge in [-0.15, -0.1) is 0 Å². The Hall–Kier alpha value is -5.74. The highest BCUT2D eigenvalue weighted by Crippen LogP contribution is 2.44. The smallest absolute Gasteiger partial charge is 0.131 e. The maximum Gasteiger partial charge on any atom is 0.131 e. The highest BCUT2D eigenvalue weighted by atomic mass is 16.5. The first kappa shape index (κ1) is 25.2. The van der Waals surface area contributed by atoms with Crippen LogP contribution in [0.25, 0.3) is 43.8 Å². The molecule has 7 aromatic carbocycles. The lowest BCUT2D eigenvalue weighted by Gasteiger charge is -2.18. The standard InChI is InChI=1S/C38H26O4/c39-27-7-5-9-31(23-27)41-29-19-15-25(16-20-29)37-33-11-1-2-12-34(33)38(36-14-4-3-13-35(36)37)26-17-21-30(22-18-26)42-32-10-6-8-28(40)24-32/h1-24,39-40H. The summed E-state index contributed by atoms with van der Waals surface area (Å²) in [5.41, 5.74) is 4.51. The van der Waals surface area contributed by atoms with Gasteiger partial charge < -0.3 is 19.7 Å². The molecule has 0 unspecified atom stereocenters. The molecule has 0 amide bonds. The van der Waals surface area contributed by atoms with E-state index in [1.54, 1.807) is 36.4 Å². The Bertz CT molecular complexity index is 1840. The Morgan fingerprint density at radius 3 is 1.02 bits per heavy atom. The molecule has 0 saturated heterocycles. The van der Waals surface area contributed by atoms with Crippen LogP contribution in [0.1, 0.15) is 0 Å². The number of aromatic hydroxyl groups is 2. The minimum Gasteiger partial charge on any atom is -0.508 e. The maximum atomic E-state index is 9.78. The monoisotopic (exact) mass is 546 g/mol. The molecule has 0 atom stereocenters. The van der Waals surface area contributed by atoms with E-state index < -0.39 is 0 Å². The molecule has 4 nitrogen and oxygen atoms in total. The first-order chi connectivity index (χ1) is 20.6. The summed E-state index contributed by atoms with van der Waals surface area (Å²) in [4.78, 5) is 0. The summed E-state index contributed by atoms with van der Waals surface area (Å²) in [5.74, 6) is 2.90. The minimum absolute atomic E-state index is 0.167. The lowest BCUT2D eigenvalue weighted by Crippen LogP contribution is -1.91. The highest BCUT2D eigenvalue weighted by molar-refractivity contribution is 6.21. The van der Waals surface area contributed by atoms with Crippen LogP contribution < -0.4 is 9.47 Å².